The van der Waals surface area contributed by atoms with E-state index in [0.29, 0.717) is 12.5 Å². The number of carbonyl (C=O) groups is 1. The second-order valence-corrected chi connectivity index (χ2v) is 7.44. The fourth-order valence-electron chi connectivity index (χ4n) is 3.84. The monoisotopic (exact) mass is 359 g/mol. The molecule has 2 fully saturated rings. The van der Waals surface area contributed by atoms with Crippen molar-refractivity contribution in [1.82, 2.24) is 10.2 Å². The normalized spacial score (nSPS) is 24.1. The molecule has 1 N–H and O–H groups in total. The van der Waals surface area contributed by atoms with Gasteiger partial charge in [-0.05, 0) is 56.0 Å². The molecular weight excluding hydrogens is 334 g/mol. The number of nitrogens with one attached hydrogen (secondary N) is 1. The van der Waals surface area contributed by atoms with Crippen LogP contribution in [0.5, 0.6) is 0 Å². The number of anilines is 1. The van der Waals surface area contributed by atoms with Crippen molar-refractivity contribution in [1.29, 1.82) is 0 Å². The van der Waals surface area contributed by atoms with Crippen LogP contribution in [0.25, 0.3) is 0 Å². The van der Waals surface area contributed by atoms with Crippen molar-refractivity contribution >= 4 is 23.2 Å². The molecule has 0 aromatic heterocycles. The summed E-state index contributed by atoms with van der Waals surface area (Å²) in [6.07, 6.45) is 9.68. The summed E-state index contributed by atoms with van der Waals surface area (Å²) in [6, 6.07) is 7.91. The maximum Gasteiger partial charge on any atom is 0.237 e. The number of halogens is 1. The Balaban J connectivity index is 1.48. The van der Waals surface area contributed by atoms with E-state index in [1.165, 1.54) is 5.69 Å². The van der Waals surface area contributed by atoms with Gasteiger partial charge in [-0.1, -0.05) is 23.9 Å². The van der Waals surface area contributed by atoms with Gasteiger partial charge in [0.1, 0.15) is 0 Å². The first-order chi connectivity index (χ1) is 12.2. The number of hydrogen-bond acceptors (Lipinski definition) is 3. The average molecular weight is 360 g/mol. The lowest BCUT2D eigenvalue weighted by molar-refractivity contribution is -0.127. The Morgan fingerprint density at radius 1 is 1.24 bits per heavy atom. The molecule has 2 atom stereocenters. The molecule has 25 heavy (non-hydrogen) atoms. The summed E-state index contributed by atoms with van der Waals surface area (Å²) in [4.78, 5) is 17.1. The van der Waals surface area contributed by atoms with Crippen molar-refractivity contribution in [2.75, 3.05) is 37.6 Å². The van der Waals surface area contributed by atoms with Crippen molar-refractivity contribution in [3.8, 4) is 12.3 Å². The number of hydrogen-bond donors (Lipinski definition) is 1. The predicted molar refractivity (Wildman–Crippen MR) is 103 cm³/mol. The highest BCUT2D eigenvalue weighted by molar-refractivity contribution is 6.30. The number of carbonyl (C=O) groups excluding carboxylic acids is 1. The van der Waals surface area contributed by atoms with Crippen LogP contribution in [0.15, 0.2) is 24.3 Å². The van der Waals surface area contributed by atoms with Crippen molar-refractivity contribution in [2.45, 2.75) is 31.7 Å². The molecule has 2 aliphatic heterocycles. The van der Waals surface area contributed by atoms with Gasteiger partial charge in [-0.2, -0.15) is 0 Å². The highest BCUT2D eigenvalue weighted by Crippen LogP contribution is 2.25. The number of likely N-dealkylation sites (tertiary alicyclic amines) is 1. The van der Waals surface area contributed by atoms with E-state index >= 15 is 0 Å². The molecule has 0 bridgehead atoms. The summed E-state index contributed by atoms with van der Waals surface area (Å²) in [5.41, 5.74) is 1.20. The predicted octanol–water partition coefficient (Wildman–Crippen LogP) is 2.77. The van der Waals surface area contributed by atoms with Crippen LogP contribution < -0.4 is 10.2 Å². The van der Waals surface area contributed by atoms with Crippen molar-refractivity contribution < 1.29 is 4.79 Å². The van der Waals surface area contributed by atoms with E-state index in [1.54, 1.807) is 0 Å². The largest absolute Gasteiger partial charge is 0.371 e. The minimum atomic E-state index is -0.0569. The molecule has 0 spiro atoms. The third-order valence-corrected chi connectivity index (χ3v) is 5.51. The average Bonchev–Trinajstić information content (AvgIpc) is 3.10. The Labute approximate surface area is 155 Å². The Hall–Kier alpha value is -1.70. The molecule has 5 heteroatoms. The van der Waals surface area contributed by atoms with Gasteiger partial charge in [-0.3, -0.25) is 9.69 Å². The molecule has 2 aliphatic rings. The van der Waals surface area contributed by atoms with Gasteiger partial charge < -0.3 is 10.2 Å². The Bertz CT molecular complexity index is 625. The van der Waals surface area contributed by atoms with Gasteiger partial charge in [0.2, 0.25) is 5.91 Å². The van der Waals surface area contributed by atoms with Crippen molar-refractivity contribution in [3.05, 3.63) is 29.3 Å². The molecule has 0 aliphatic carbocycles. The molecule has 2 heterocycles. The smallest absolute Gasteiger partial charge is 0.237 e. The quantitative estimate of drug-likeness (QED) is 0.821. The van der Waals surface area contributed by atoms with E-state index in [0.717, 1.165) is 56.9 Å². The third-order valence-electron chi connectivity index (χ3n) is 5.25. The minimum Gasteiger partial charge on any atom is -0.371 e. The fourth-order valence-corrected chi connectivity index (χ4v) is 3.97. The van der Waals surface area contributed by atoms with Gasteiger partial charge in [-0.25, -0.2) is 0 Å². The van der Waals surface area contributed by atoms with Crippen molar-refractivity contribution in [2.24, 2.45) is 5.92 Å². The van der Waals surface area contributed by atoms with E-state index < -0.39 is 0 Å². The summed E-state index contributed by atoms with van der Waals surface area (Å²) in [5.74, 6) is 3.31. The molecule has 0 radical (unpaired) electrons. The van der Waals surface area contributed by atoms with Gasteiger partial charge in [-0.15, -0.1) is 6.42 Å². The molecule has 0 saturated carbocycles. The van der Waals surface area contributed by atoms with Gasteiger partial charge in [0, 0.05) is 30.3 Å². The standard InChI is InChI=1S/C20H26ClN3O/c1-2-11-23-12-4-3-5-19(23)20(25)22-14-16-10-13-24(15-16)18-8-6-17(21)7-9-18/h1,6-9,16,19H,3-5,10-15H2,(H,22,25)/t16-,19-/m0/s1. The van der Waals surface area contributed by atoms with Gasteiger partial charge in [0.05, 0.1) is 12.6 Å². The zero-order chi connectivity index (χ0) is 17.6. The lowest BCUT2D eigenvalue weighted by atomic mass is 10.0. The maximum absolute atomic E-state index is 12.6. The highest BCUT2D eigenvalue weighted by atomic mass is 35.5. The van der Waals surface area contributed by atoms with Gasteiger partial charge in [0.25, 0.3) is 0 Å². The summed E-state index contributed by atoms with van der Waals surface area (Å²) in [6.45, 7) is 4.22. The van der Waals surface area contributed by atoms with Crippen LogP contribution in [-0.2, 0) is 4.79 Å². The number of nitrogens with zero attached hydrogens (tertiary/aromatic N) is 2. The Morgan fingerprint density at radius 3 is 2.80 bits per heavy atom. The van der Waals surface area contributed by atoms with Crippen LogP contribution in [0.2, 0.25) is 5.02 Å². The van der Waals surface area contributed by atoms with E-state index in [-0.39, 0.29) is 11.9 Å². The highest BCUT2D eigenvalue weighted by Gasteiger charge is 2.29. The zero-order valence-electron chi connectivity index (χ0n) is 14.6. The number of amides is 1. The molecule has 4 nitrogen and oxygen atoms in total. The molecule has 2 saturated heterocycles. The number of terminal acetylenes is 1. The first-order valence-electron chi connectivity index (χ1n) is 9.13. The first kappa shape index (κ1) is 18.1. The Morgan fingerprint density at radius 2 is 2.04 bits per heavy atom. The molecule has 134 valence electrons. The Kier molecular flexibility index (Phi) is 6.23. The van der Waals surface area contributed by atoms with Crippen molar-refractivity contribution in [3.63, 3.8) is 0 Å². The second kappa shape index (κ2) is 8.60. The maximum atomic E-state index is 12.6. The van der Waals surface area contributed by atoms with Crippen LogP contribution in [0, 0.1) is 18.3 Å². The van der Waals surface area contributed by atoms with Crippen LogP contribution >= 0.6 is 11.6 Å². The molecule has 3 rings (SSSR count). The first-order valence-corrected chi connectivity index (χ1v) is 9.51. The second-order valence-electron chi connectivity index (χ2n) is 7.01. The summed E-state index contributed by atoms with van der Waals surface area (Å²) in [5, 5.41) is 3.93. The number of benzene rings is 1. The molecule has 1 aromatic carbocycles. The van der Waals surface area contributed by atoms with Crippen LogP contribution in [0.4, 0.5) is 5.69 Å². The molecule has 1 amide bonds. The fraction of sp³-hybridized carbons (Fsp3) is 0.550. The van der Waals surface area contributed by atoms with E-state index in [1.807, 2.05) is 12.1 Å². The zero-order valence-corrected chi connectivity index (χ0v) is 15.3. The molecule has 0 unspecified atom stereocenters. The van der Waals surface area contributed by atoms with E-state index in [2.05, 4.69) is 33.2 Å². The van der Waals surface area contributed by atoms with Gasteiger partial charge in [0.15, 0.2) is 0 Å². The summed E-state index contributed by atoms with van der Waals surface area (Å²) >= 11 is 5.96. The number of piperidine rings is 1. The lowest BCUT2D eigenvalue weighted by Crippen LogP contribution is -2.50. The molecule has 1 aromatic rings. The topological polar surface area (TPSA) is 35.6 Å². The number of rotatable bonds is 5. The summed E-state index contributed by atoms with van der Waals surface area (Å²) < 4.78 is 0. The van der Waals surface area contributed by atoms with Crippen LogP contribution in [0.1, 0.15) is 25.7 Å². The van der Waals surface area contributed by atoms with Crippen LogP contribution in [0.3, 0.4) is 0 Å². The minimum absolute atomic E-state index is 0.0569. The van der Waals surface area contributed by atoms with Gasteiger partial charge >= 0.3 is 0 Å². The van der Waals surface area contributed by atoms with E-state index in [4.69, 9.17) is 18.0 Å². The molecular formula is C20H26ClN3O. The van der Waals surface area contributed by atoms with Crippen LogP contribution in [-0.4, -0.2) is 49.6 Å². The van der Waals surface area contributed by atoms with E-state index in [9.17, 15) is 4.79 Å². The third kappa shape index (κ3) is 4.68. The lowest BCUT2D eigenvalue weighted by Gasteiger charge is -2.33. The summed E-state index contributed by atoms with van der Waals surface area (Å²) in [7, 11) is 0. The SMILES string of the molecule is C#CCN1CCCC[C@H]1C(=O)NC[C@@H]1CCN(c2ccc(Cl)cc2)C1.